The molecule has 2 aromatic rings. The maximum Gasteiger partial charge on any atom is 0.243 e. The van der Waals surface area contributed by atoms with Crippen molar-refractivity contribution in [3.05, 3.63) is 65.0 Å². The van der Waals surface area contributed by atoms with Crippen LogP contribution in [-0.2, 0) is 34.1 Å². The van der Waals surface area contributed by atoms with E-state index < -0.39 is 15.8 Å². The Labute approximate surface area is 171 Å². The number of hydrogen-bond donors (Lipinski definition) is 0. The molecule has 2 aromatic carbocycles. The van der Waals surface area contributed by atoms with E-state index in [9.17, 15) is 17.6 Å². The quantitative estimate of drug-likeness (QED) is 0.770. The summed E-state index contributed by atoms with van der Waals surface area (Å²) in [7, 11) is -3.75. The van der Waals surface area contributed by atoms with E-state index in [2.05, 4.69) is 12.1 Å². The summed E-state index contributed by atoms with van der Waals surface area (Å²) in [6.07, 6.45) is 4.96. The van der Waals surface area contributed by atoms with E-state index >= 15 is 0 Å². The number of carbonyl (C=O) groups excluding carboxylic acids is 1. The van der Waals surface area contributed by atoms with Gasteiger partial charge in [0.1, 0.15) is 5.82 Å². The van der Waals surface area contributed by atoms with E-state index in [0.29, 0.717) is 19.5 Å². The van der Waals surface area contributed by atoms with Gasteiger partial charge in [0.25, 0.3) is 0 Å². The molecule has 154 valence electrons. The summed E-state index contributed by atoms with van der Waals surface area (Å²) in [5.41, 5.74) is 3.77. The van der Waals surface area contributed by atoms with Crippen molar-refractivity contribution in [3.63, 3.8) is 0 Å². The van der Waals surface area contributed by atoms with Gasteiger partial charge in [0.05, 0.1) is 11.3 Å². The average molecular weight is 417 g/mol. The monoisotopic (exact) mass is 416 g/mol. The number of sulfonamides is 1. The van der Waals surface area contributed by atoms with E-state index in [0.717, 1.165) is 24.5 Å². The Kier molecular flexibility index (Phi) is 5.69. The van der Waals surface area contributed by atoms with Gasteiger partial charge in [-0.1, -0.05) is 24.3 Å². The first-order chi connectivity index (χ1) is 13.9. The minimum atomic E-state index is -3.75. The summed E-state index contributed by atoms with van der Waals surface area (Å²) < 4.78 is 40.1. The number of carbonyl (C=O) groups is 1. The molecule has 0 atom stereocenters. The second-order valence-electron chi connectivity index (χ2n) is 7.73. The number of amides is 1. The van der Waals surface area contributed by atoms with E-state index in [-0.39, 0.29) is 23.9 Å². The topological polar surface area (TPSA) is 57.7 Å². The molecule has 0 spiro atoms. The fourth-order valence-corrected chi connectivity index (χ4v) is 5.59. The van der Waals surface area contributed by atoms with Crippen LogP contribution in [0.5, 0.6) is 0 Å². The number of aryl methyl sites for hydroxylation is 2. The molecule has 1 aliphatic carbocycles. The first-order valence-electron chi connectivity index (χ1n) is 10.1. The van der Waals surface area contributed by atoms with E-state index in [1.54, 1.807) is 4.90 Å². The molecule has 7 heteroatoms. The van der Waals surface area contributed by atoms with Gasteiger partial charge in [0.15, 0.2) is 0 Å². The fourth-order valence-electron chi connectivity index (χ4n) is 4.14. The van der Waals surface area contributed by atoms with E-state index in [1.165, 1.54) is 46.5 Å². The summed E-state index contributed by atoms with van der Waals surface area (Å²) in [6.45, 7) is 1.13. The summed E-state index contributed by atoms with van der Waals surface area (Å²) >= 11 is 0. The van der Waals surface area contributed by atoms with Gasteiger partial charge >= 0.3 is 0 Å². The third-order valence-electron chi connectivity index (χ3n) is 5.79. The highest BCUT2D eigenvalue weighted by Gasteiger charge is 2.30. The Hall–Kier alpha value is -2.25. The van der Waals surface area contributed by atoms with Gasteiger partial charge < -0.3 is 4.90 Å². The number of benzene rings is 2. The lowest BCUT2D eigenvalue weighted by molar-refractivity contribution is -0.131. The van der Waals surface area contributed by atoms with Crippen LogP contribution in [0.15, 0.2) is 47.4 Å². The van der Waals surface area contributed by atoms with Crippen molar-refractivity contribution in [2.45, 2.75) is 37.0 Å². The Bertz CT molecular complexity index is 1010. The molecule has 0 radical (unpaired) electrons. The lowest BCUT2D eigenvalue weighted by Crippen LogP contribution is -2.50. The SMILES string of the molecule is O=C(Cc1ccc2c(c1)CCCC2)N1CCN(S(=O)(=O)c2cccc(F)c2)CC1. The van der Waals surface area contributed by atoms with Crippen LogP contribution in [0.25, 0.3) is 0 Å². The van der Waals surface area contributed by atoms with Crippen LogP contribution in [0.4, 0.5) is 4.39 Å². The number of piperazine rings is 1. The third kappa shape index (κ3) is 4.36. The van der Waals surface area contributed by atoms with Crippen molar-refractivity contribution in [1.29, 1.82) is 0 Å². The molecule has 0 saturated carbocycles. The van der Waals surface area contributed by atoms with E-state index in [4.69, 9.17) is 0 Å². The van der Waals surface area contributed by atoms with Crippen LogP contribution in [0.1, 0.15) is 29.5 Å². The smallest absolute Gasteiger partial charge is 0.243 e. The standard InChI is InChI=1S/C22H25FN2O3S/c23-20-6-3-7-21(16-20)29(27,28)25-12-10-24(11-13-25)22(26)15-17-8-9-18-4-1-2-5-19(18)14-17/h3,6-9,14,16H,1-2,4-5,10-13,15H2. The molecule has 0 aromatic heterocycles. The normalized spacial score (nSPS) is 17.8. The highest BCUT2D eigenvalue weighted by Crippen LogP contribution is 2.23. The van der Waals surface area contributed by atoms with E-state index in [1.807, 2.05) is 6.07 Å². The molecule has 1 saturated heterocycles. The Balaban J connectivity index is 1.37. The third-order valence-corrected chi connectivity index (χ3v) is 7.69. The molecule has 0 N–H and O–H groups in total. The molecule has 0 bridgehead atoms. The van der Waals surface area contributed by atoms with Crippen molar-refractivity contribution in [1.82, 2.24) is 9.21 Å². The minimum absolute atomic E-state index is 0.0172. The fraction of sp³-hybridized carbons (Fsp3) is 0.409. The largest absolute Gasteiger partial charge is 0.340 e. The number of halogens is 1. The number of hydrogen-bond acceptors (Lipinski definition) is 3. The van der Waals surface area contributed by atoms with Crippen LogP contribution in [0, 0.1) is 5.82 Å². The number of nitrogens with zero attached hydrogens (tertiary/aromatic N) is 2. The van der Waals surface area contributed by atoms with Crippen molar-refractivity contribution >= 4 is 15.9 Å². The predicted octanol–water partition coefficient (Wildman–Crippen LogP) is 2.78. The zero-order valence-corrected chi connectivity index (χ0v) is 17.1. The highest BCUT2D eigenvalue weighted by atomic mass is 32.2. The van der Waals surface area contributed by atoms with Crippen LogP contribution >= 0.6 is 0 Å². The maximum absolute atomic E-state index is 13.4. The lowest BCUT2D eigenvalue weighted by Gasteiger charge is -2.34. The highest BCUT2D eigenvalue weighted by molar-refractivity contribution is 7.89. The van der Waals surface area contributed by atoms with Gasteiger partial charge in [-0.15, -0.1) is 0 Å². The molecule has 1 heterocycles. The first kappa shape index (κ1) is 20.0. The molecule has 2 aliphatic rings. The van der Waals surface area contributed by atoms with Gasteiger partial charge in [-0.2, -0.15) is 4.31 Å². The van der Waals surface area contributed by atoms with Gasteiger partial charge in [0.2, 0.25) is 15.9 Å². The van der Waals surface area contributed by atoms with Crippen molar-refractivity contribution in [2.75, 3.05) is 26.2 Å². The minimum Gasteiger partial charge on any atom is -0.340 e. The Morgan fingerprint density at radius 1 is 0.931 bits per heavy atom. The zero-order chi connectivity index (χ0) is 20.4. The molecule has 1 aliphatic heterocycles. The molecular weight excluding hydrogens is 391 g/mol. The summed E-state index contributed by atoms with van der Waals surface area (Å²) in [6, 6.07) is 11.4. The zero-order valence-electron chi connectivity index (χ0n) is 16.3. The molecule has 1 amide bonds. The van der Waals surface area contributed by atoms with Crippen LogP contribution in [0.2, 0.25) is 0 Å². The maximum atomic E-state index is 13.4. The van der Waals surface area contributed by atoms with Gasteiger partial charge in [-0.3, -0.25) is 4.79 Å². The Morgan fingerprint density at radius 3 is 2.38 bits per heavy atom. The Morgan fingerprint density at radius 2 is 1.66 bits per heavy atom. The summed E-state index contributed by atoms with van der Waals surface area (Å²) in [5.74, 6) is -0.562. The summed E-state index contributed by atoms with van der Waals surface area (Å²) in [4.78, 5) is 14.4. The van der Waals surface area contributed by atoms with Crippen LogP contribution in [0.3, 0.4) is 0 Å². The molecular formula is C22H25FN2O3S. The van der Waals surface area contributed by atoms with Crippen molar-refractivity contribution in [3.8, 4) is 0 Å². The van der Waals surface area contributed by atoms with Crippen LogP contribution < -0.4 is 0 Å². The van der Waals surface area contributed by atoms with Crippen molar-refractivity contribution < 1.29 is 17.6 Å². The lowest BCUT2D eigenvalue weighted by atomic mass is 9.90. The molecule has 5 nitrogen and oxygen atoms in total. The molecule has 29 heavy (non-hydrogen) atoms. The van der Waals surface area contributed by atoms with Gasteiger partial charge in [0, 0.05) is 26.2 Å². The van der Waals surface area contributed by atoms with Gasteiger partial charge in [-0.25, -0.2) is 12.8 Å². The number of rotatable bonds is 4. The molecule has 1 fully saturated rings. The average Bonchev–Trinajstić information content (AvgIpc) is 2.74. The molecule has 0 unspecified atom stereocenters. The first-order valence-corrected chi connectivity index (χ1v) is 11.5. The molecule has 4 rings (SSSR count). The second-order valence-corrected chi connectivity index (χ2v) is 9.67. The second kappa shape index (κ2) is 8.24. The number of fused-ring (bicyclic) bond motifs is 1. The summed E-state index contributed by atoms with van der Waals surface area (Å²) in [5, 5.41) is 0. The van der Waals surface area contributed by atoms with Gasteiger partial charge in [-0.05, 0) is 60.6 Å². The van der Waals surface area contributed by atoms with Crippen molar-refractivity contribution in [2.24, 2.45) is 0 Å². The van der Waals surface area contributed by atoms with Crippen LogP contribution in [-0.4, -0.2) is 49.7 Å². The predicted molar refractivity (Wildman–Crippen MR) is 109 cm³/mol.